The highest BCUT2D eigenvalue weighted by molar-refractivity contribution is 7.89. The zero-order valence-electron chi connectivity index (χ0n) is 21.6. The number of amides is 1. The summed E-state index contributed by atoms with van der Waals surface area (Å²) in [5.41, 5.74) is 2.86. The molecular formula is C27H36N4O3S2. The van der Waals surface area contributed by atoms with Crippen LogP contribution in [0.25, 0.3) is 10.2 Å². The summed E-state index contributed by atoms with van der Waals surface area (Å²) in [5.74, 6) is 0.351. The number of hydrogen-bond donors (Lipinski definition) is 0. The molecule has 4 rings (SSSR count). The first-order chi connectivity index (χ1) is 17.3. The van der Waals surface area contributed by atoms with Crippen LogP contribution in [-0.4, -0.2) is 67.8 Å². The van der Waals surface area contributed by atoms with E-state index in [0.717, 1.165) is 36.6 Å². The molecule has 1 fully saturated rings. The van der Waals surface area contributed by atoms with E-state index in [9.17, 15) is 13.2 Å². The number of carbonyl (C=O) groups is 1. The lowest BCUT2D eigenvalue weighted by Crippen LogP contribution is -2.48. The Balaban J connectivity index is 1.41. The Bertz CT molecular complexity index is 1290. The third-order valence-corrected chi connectivity index (χ3v) is 9.82. The monoisotopic (exact) mass is 528 g/mol. The lowest BCUT2D eigenvalue weighted by molar-refractivity contribution is 0.0746. The highest BCUT2D eigenvalue weighted by Gasteiger charge is 2.26. The number of nitrogens with zero attached hydrogens (tertiary/aromatic N) is 4. The van der Waals surface area contributed by atoms with Crippen LogP contribution in [0.4, 0.5) is 5.13 Å². The molecule has 1 aliphatic rings. The van der Waals surface area contributed by atoms with Gasteiger partial charge in [-0.1, -0.05) is 57.6 Å². The number of anilines is 1. The molecule has 1 aliphatic heterocycles. The van der Waals surface area contributed by atoms with Gasteiger partial charge in [-0.25, -0.2) is 13.4 Å². The molecule has 36 heavy (non-hydrogen) atoms. The molecule has 1 saturated heterocycles. The Morgan fingerprint density at radius 3 is 2.36 bits per heavy atom. The van der Waals surface area contributed by atoms with Crippen LogP contribution in [0, 0.1) is 0 Å². The van der Waals surface area contributed by atoms with Gasteiger partial charge in [0.25, 0.3) is 5.91 Å². The molecule has 0 spiro atoms. The van der Waals surface area contributed by atoms with Gasteiger partial charge in [-0.2, -0.15) is 4.31 Å². The quantitative estimate of drug-likeness (QED) is 0.382. The predicted molar refractivity (Wildman–Crippen MR) is 148 cm³/mol. The number of aromatic nitrogens is 1. The molecule has 0 atom stereocenters. The van der Waals surface area contributed by atoms with E-state index >= 15 is 0 Å². The van der Waals surface area contributed by atoms with Gasteiger partial charge in [0.2, 0.25) is 10.0 Å². The second-order valence-electron chi connectivity index (χ2n) is 9.50. The van der Waals surface area contributed by atoms with Crippen LogP contribution >= 0.6 is 11.3 Å². The van der Waals surface area contributed by atoms with Gasteiger partial charge in [-0.3, -0.25) is 4.79 Å². The molecule has 194 valence electrons. The largest absolute Gasteiger partial charge is 0.345 e. The molecule has 7 nitrogen and oxygen atoms in total. The molecule has 0 aliphatic carbocycles. The van der Waals surface area contributed by atoms with Crippen molar-refractivity contribution in [3.05, 3.63) is 53.6 Å². The molecule has 9 heteroatoms. The Labute approximate surface area is 218 Å². The second-order valence-corrected chi connectivity index (χ2v) is 12.4. The summed E-state index contributed by atoms with van der Waals surface area (Å²) in [5, 5.41) is 1.00. The van der Waals surface area contributed by atoms with Gasteiger partial charge in [0.15, 0.2) is 5.13 Å². The molecule has 1 aromatic heterocycles. The van der Waals surface area contributed by atoms with Gasteiger partial charge in [0.05, 0.1) is 15.1 Å². The van der Waals surface area contributed by atoms with Gasteiger partial charge in [0, 0.05) is 44.8 Å². The van der Waals surface area contributed by atoms with Crippen LogP contribution in [-0.2, 0) is 10.0 Å². The van der Waals surface area contributed by atoms with Crippen LogP contribution in [0.3, 0.4) is 0 Å². The minimum atomic E-state index is -3.55. The Hall–Kier alpha value is -2.49. The average Bonchev–Trinajstić information content (AvgIpc) is 3.33. The standard InChI is InChI=1S/C27H36N4O3S2/c1-5-7-15-31(6-2)36(33,34)22-13-11-21(12-14-22)26(32)29-16-18-30(19-17-29)27-28-25-23(20(3)4)9-8-10-24(25)35-27/h8-14,20H,5-7,15-19H2,1-4H3. The maximum atomic E-state index is 13.1. The smallest absolute Gasteiger partial charge is 0.253 e. The topological polar surface area (TPSA) is 73.8 Å². The highest BCUT2D eigenvalue weighted by Crippen LogP contribution is 2.34. The average molecular weight is 529 g/mol. The molecule has 2 heterocycles. The van der Waals surface area contributed by atoms with E-state index in [-0.39, 0.29) is 10.8 Å². The Kier molecular flexibility index (Phi) is 8.32. The van der Waals surface area contributed by atoms with E-state index in [1.54, 1.807) is 35.6 Å². The Morgan fingerprint density at radius 2 is 1.75 bits per heavy atom. The van der Waals surface area contributed by atoms with Crippen molar-refractivity contribution in [1.29, 1.82) is 0 Å². The van der Waals surface area contributed by atoms with Crippen LogP contribution in [0.2, 0.25) is 0 Å². The van der Waals surface area contributed by atoms with E-state index in [1.807, 2.05) is 18.7 Å². The van der Waals surface area contributed by atoms with E-state index in [1.165, 1.54) is 14.6 Å². The first kappa shape index (κ1) is 26.6. The van der Waals surface area contributed by atoms with Crippen molar-refractivity contribution < 1.29 is 13.2 Å². The predicted octanol–water partition coefficient (Wildman–Crippen LogP) is 5.19. The van der Waals surface area contributed by atoms with Crippen molar-refractivity contribution in [2.75, 3.05) is 44.2 Å². The summed E-state index contributed by atoms with van der Waals surface area (Å²) >= 11 is 1.70. The SMILES string of the molecule is CCCCN(CC)S(=O)(=O)c1ccc(C(=O)N2CCN(c3nc4c(C(C)C)cccc4s3)CC2)cc1. The Morgan fingerprint density at radius 1 is 1.06 bits per heavy atom. The fourth-order valence-electron chi connectivity index (χ4n) is 4.54. The van der Waals surface area contributed by atoms with Gasteiger partial charge < -0.3 is 9.80 Å². The van der Waals surface area contributed by atoms with Crippen LogP contribution in [0.5, 0.6) is 0 Å². The number of para-hydroxylation sites is 1. The molecule has 0 unspecified atom stereocenters. The zero-order chi connectivity index (χ0) is 25.9. The molecule has 1 amide bonds. The number of benzene rings is 2. The molecule has 2 aromatic carbocycles. The third kappa shape index (κ3) is 5.43. The lowest BCUT2D eigenvalue weighted by Gasteiger charge is -2.34. The maximum absolute atomic E-state index is 13.1. The number of piperazine rings is 1. The zero-order valence-corrected chi connectivity index (χ0v) is 23.2. The van der Waals surface area contributed by atoms with Gasteiger partial charge in [0.1, 0.15) is 0 Å². The third-order valence-electron chi connectivity index (χ3n) is 6.75. The van der Waals surface area contributed by atoms with Gasteiger partial charge in [-0.15, -0.1) is 0 Å². The van der Waals surface area contributed by atoms with Gasteiger partial charge >= 0.3 is 0 Å². The summed E-state index contributed by atoms with van der Waals surface area (Å²) in [7, 11) is -3.55. The van der Waals surface area contributed by atoms with E-state index in [4.69, 9.17) is 4.98 Å². The highest BCUT2D eigenvalue weighted by atomic mass is 32.2. The van der Waals surface area contributed by atoms with Crippen molar-refractivity contribution >= 4 is 42.6 Å². The summed E-state index contributed by atoms with van der Waals surface area (Å²) < 4.78 is 28.6. The van der Waals surface area contributed by atoms with Crippen molar-refractivity contribution in [2.24, 2.45) is 0 Å². The van der Waals surface area contributed by atoms with E-state index < -0.39 is 10.0 Å². The molecule has 0 saturated carbocycles. The minimum absolute atomic E-state index is 0.0664. The van der Waals surface area contributed by atoms with Crippen LogP contribution in [0.1, 0.15) is 62.4 Å². The number of thiazole rings is 1. The minimum Gasteiger partial charge on any atom is -0.345 e. The molecule has 3 aromatic rings. The number of fused-ring (bicyclic) bond motifs is 1. The van der Waals surface area contributed by atoms with Crippen LogP contribution < -0.4 is 4.90 Å². The maximum Gasteiger partial charge on any atom is 0.253 e. The summed E-state index contributed by atoms with van der Waals surface area (Å²) in [6.45, 7) is 11.9. The molecular weight excluding hydrogens is 492 g/mol. The van der Waals surface area contributed by atoms with Crippen LogP contribution in [0.15, 0.2) is 47.4 Å². The van der Waals surface area contributed by atoms with Crippen molar-refractivity contribution in [1.82, 2.24) is 14.2 Å². The van der Waals surface area contributed by atoms with Crippen molar-refractivity contribution in [3.8, 4) is 0 Å². The summed E-state index contributed by atoms with van der Waals surface area (Å²) in [4.78, 5) is 22.4. The number of carbonyl (C=O) groups excluding carboxylic acids is 1. The van der Waals surface area contributed by atoms with E-state index in [2.05, 4.69) is 36.9 Å². The fourth-order valence-corrected chi connectivity index (χ4v) is 7.08. The molecule has 0 radical (unpaired) electrons. The first-order valence-electron chi connectivity index (χ1n) is 12.8. The number of hydrogen-bond acceptors (Lipinski definition) is 6. The lowest BCUT2D eigenvalue weighted by atomic mass is 10.0. The normalized spacial score (nSPS) is 14.8. The molecule has 0 bridgehead atoms. The first-order valence-corrected chi connectivity index (χ1v) is 15.1. The van der Waals surface area contributed by atoms with Gasteiger partial charge in [-0.05, 0) is 48.2 Å². The van der Waals surface area contributed by atoms with Crippen molar-refractivity contribution in [2.45, 2.75) is 51.3 Å². The summed E-state index contributed by atoms with van der Waals surface area (Å²) in [6.07, 6.45) is 1.76. The summed E-state index contributed by atoms with van der Waals surface area (Å²) in [6, 6.07) is 12.7. The fraction of sp³-hybridized carbons (Fsp3) is 0.481. The molecule has 0 N–H and O–H groups in total. The second kappa shape index (κ2) is 11.3. The number of sulfonamides is 1. The number of rotatable bonds is 9. The van der Waals surface area contributed by atoms with Crippen molar-refractivity contribution in [3.63, 3.8) is 0 Å². The van der Waals surface area contributed by atoms with E-state index in [0.29, 0.717) is 37.7 Å². The number of unbranched alkanes of at least 4 members (excludes halogenated alkanes) is 1.